The molecule has 0 aromatic heterocycles. The molecule has 4 heteroatoms. The van der Waals surface area contributed by atoms with Crippen LogP contribution >= 0.6 is 0 Å². The van der Waals surface area contributed by atoms with Crippen molar-refractivity contribution >= 4 is 18.4 Å². The lowest BCUT2D eigenvalue weighted by Gasteiger charge is -2.26. The summed E-state index contributed by atoms with van der Waals surface area (Å²) < 4.78 is 0. The summed E-state index contributed by atoms with van der Waals surface area (Å²) in [6.07, 6.45) is 6.66. The van der Waals surface area contributed by atoms with E-state index in [1.54, 1.807) is 0 Å². The van der Waals surface area contributed by atoms with Gasteiger partial charge in [0.2, 0.25) is 0 Å². The maximum absolute atomic E-state index is 7.26. The van der Waals surface area contributed by atoms with Gasteiger partial charge in [0, 0.05) is 0 Å². The van der Waals surface area contributed by atoms with Crippen LogP contribution < -0.4 is 5.43 Å². The first-order valence-corrected chi connectivity index (χ1v) is 6.66. The average Bonchev–Trinajstić information content (AvgIpc) is 2.41. The Hall–Kier alpha value is -2.10. The Balaban J connectivity index is 2.27. The van der Waals surface area contributed by atoms with Gasteiger partial charge in [-0.15, -0.1) is 0 Å². The molecule has 1 aliphatic rings. The summed E-state index contributed by atoms with van der Waals surface area (Å²) in [5, 5.41) is 15.9. The van der Waals surface area contributed by atoms with Crippen LogP contribution in [-0.2, 0) is 6.42 Å². The van der Waals surface area contributed by atoms with E-state index in [1.807, 2.05) is 0 Å². The van der Waals surface area contributed by atoms with E-state index >= 15 is 0 Å². The highest BCUT2D eigenvalue weighted by molar-refractivity contribution is 5.76. The molecule has 19 heavy (non-hydrogen) atoms. The lowest BCUT2D eigenvalue weighted by molar-refractivity contribution is 0.550. The summed E-state index contributed by atoms with van der Waals surface area (Å²) in [6, 6.07) is 8.49. The van der Waals surface area contributed by atoms with Gasteiger partial charge in [-0.2, -0.15) is 0 Å². The van der Waals surface area contributed by atoms with Crippen molar-refractivity contribution < 1.29 is 0 Å². The smallest absolute Gasteiger partial charge is 0.108 e. The summed E-state index contributed by atoms with van der Waals surface area (Å²) in [5.41, 5.74) is 7.99. The maximum Gasteiger partial charge on any atom is 0.108 e. The normalized spacial score (nSPS) is 13.4. The third kappa shape index (κ3) is 3.02. The fourth-order valence-electron chi connectivity index (χ4n) is 2.09. The molecule has 0 amide bonds. The number of nitrogens with one attached hydrogen (secondary N) is 3. The van der Waals surface area contributed by atoms with Gasteiger partial charge in [0.15, 0.2) is 0 Å². The third-order valence-corrected chi connectivity index (χ3v) is 3.48. The van der Waals surface area contributed by atoms with Crippen LogP contribution in [0.3, 0.4) is 0 Å². The molecule has 3 N–H and O–H groups in total. The van der Waals surface area contributed by atoms with Gasteiger partial charge in [0.05, 0.1) is 5.70 Å². The fraction of sp³-hybridized carbons (Fsp3) is 0.333. The van der Waals surface area contributed by atoms with Gasteiger partial charge in [-0.25, -0.2) is 5.01 Å². The molecule has 0 heterocycles. The van der Waals surface area contributed by atoms with E-state index < -0.39 is 0 Å². The molecule has 1 aliphatic carbocycles. The van der Waals surface area contributed by atoms with E-state index in [4.69, 9.17) is 10.8 Å². The number of allylic oxidation sites excluding steroid dienone is 1. The second kappa shape index (κ2) is 6.18. The highest BCUT2D eigenvalue weighted by Crippen LogP contribution is 2.32. The largest absolute Gasteiger partial charge is 0.292 e. The second-order valence-corrected chi connectivity index (χ2v) is 4.66. The van der Waals surface area contributed by atoms with E-state index in [1.165, 1.54) is 22.6 Å². The number of benzene rings is 1. The van der Waals surface area contributed by atoms with E-state index in [-0.39, 0.29) is 0 Å². The molecule has 0 radical (unpaired) electrons. The molecule has 4 nitrogen and oxygen atoms in total. The Labute approximate surface area is 114 Å². The van der Waals surface area contributed by atoms with Crippen LogP contribution in [0, 0.1) is 10.8 Å². The molecule has 1 aromatic carbocycles. The lowest BCUT2D eigenvalue weighted by Crippen LogP contribution is -2.35. The van der Waals surface area contributed by atoms with E-state index in [9.17, 15) is 0 Å². The van der Waals surface area contributed by atoms with E-state index in [0.29, 0.717) is 0 Å². The molecule has 1 aromatic rings. The Morgan fingerprint density at radius 2 is 1.84 bits per heavy atom. The summed E-state index contributed by atoms with van der Waals surface area (Å²) >= 11 is 0. The summed E-state index contributed by atoms with van der Waals surface area (Å²) in [7, 11) is 0. The predicted octanol–water partition coefficient (Wildman–Crippen LogP) is 3.16. The van der Waals surface area contributed by atoms with Gasteiger partial charge < -0.3 is 0 Å². The van der Waals surface area contributed by atoms with Crippen molar-refractivity contribution in [1.82, 2.24) is 10.4 Å². The fourth-order valence-corrected chi connectivity index (χ4v) is 2.09. The lowest BCUT2D eigenvalue weighted by atomic mass is 9.88. The van der Waals surface area contributed by atoms with Gasteiger partial charge in [0.25, 0.3) is 0 Å². The minimum absolute atomic E-state index is 1.03. The van der Waals surface area contributed by atoms with Gasteiger partial charge in [-0.1, -0.05) is 31.2 Å². The number of hydrogen-bond donors (Lipinski definition) is 3. The standard InChI is InChI=1S/C15H20N4/c1-2-12-6-8-14(9-7-12)15(13-4-3-5-13)18-19(10-16)11-17/h6-11,16-18H,2-5H2,1H3. The van der Waals surface area contributed by atoms with Crippen molar-refractivity contribution in [3.8, 4) is 0 Å². The van der Waals surface area contributed by atoms with Crippen molar-refractivity contribution in [3.63, 3.8) is 0 Å². The molecular weight excluding hydrogens is 236 g/mol. The number of hydrogen-bond acceptors (Lipinski definition) is 3. The first kappa shape index (κ1) is 13.3. The first-order chi connectivity index (χ1) is 9.28. The third-order valence-electron chi connectivity index (χ3n) is 3.48. The zero-order chi connectivity index (χ0) is 13.7. The number of hydrazine groups is 1. The van der Waals surface area contributed by atoms with Crippen molar-refractivity contribution in [3.05, 3.63) is 41.0 Å². The Morgan fingerprint density at radius 1 is 1.21 bits per heavy atom. The Bertz CT molecular complexity index is 473. The molecule has 2 rings (SSSR count). The topological polar surface area (TPSA) is 63.0 Å². The number of rotatable bonds is 6. The highest BCUT2D eigenvalue weighted by atomic mass is 15.5. The Kier molecular flexibility index (Phi) is 4.34. The van der Waals surface area contributed by atoms with Crippen molar-refractivity contribution in [1.29, 1.82) is 10.8 Å². The van der Waals surface area contributed by atoms with Crippen LogP contribution in [0.25, 0.3) is 5.70 Å². The van der Waals surface area contributed by atoms with Gasteiger partial charge in [-0.3, -0.25) is 16.2 Å². The molecule has 0 bridgehead atoms. The maximum atomic E-state index is 7.26. The minimum Gasteiger partial charge on any atom is -0.292 e. The predicted molar refractivity (Wildman–Crippen MR) is 79.1 cm³/mol. The van der Waals surface area contributed by atoms with Crippen LogP contribution in [0.15, 0.2) is 29.8 Å². The minimum atomic E-state index is 1.03. The zero-order valence-corrected chi connectivity index (χ0v) is 11.2. The number of nitrogens with zero attached hydrogens (tertiary/aromatic N) is 1. The summed E-state index contributed by atoms with van der Waals surface area (Å²) in [4.78, 5) is 0. The summed E-state index contributed by atoms with van der Waals surface area (Å²) in [5.74, 6) is 0. The molecule has 0 saturated heterocycles. The molecule has 0 atom stereocenters. The van der Waals surface area contributed by atoms with Gasteiger partial charge in [0.1, 0.15) is 12.7 Å². The quantitative estimate of drug-likeness (QED) is 0.416. The van der Waals surface area contributed by atoms with Crippen LogP contribution in [0.1, 0.15) is 37.3 Å². The molecular formula is C15H20N4. The second-order valence-electron chi connectivity index (χ2n) is 4.66. The van der Waals surface area contributed by atoms with Crippen LogP contribution in [0.2, 0.25) is 0 Å². The Morgan fingerprint density at radius 3 is 2.26 bits per heavy atom. The molecule has 100 valence electrons. The van der Waals surface area contributed by atoms with Crippen molar-refractivity contribution in [2.75, 3.05) is 0 Å². The number of aryl methyl sites for hydroxylation is 1. The van der Waals surface area contributed by atoms with Gasteiger partial charge >= 0.3 is 0 Å². The molecule has 1 fully saturated rings. The van der Waals surface area contributed by atoms with Gasteiger partial charge in [-0.05, 0) is 42.4 Å². The molecule has 0 spiro atoms. The molecule has 0 aliphatic heterocycles. The van der Waals surface area contributed by atoms with Crippen LogP contribution in [0.4, 0.5) is 0 Å². The molecule has 1 saturated carbocycles. The van der Waals surface area contributed by atoms with E-state index in [2.05, 4.69) is 36.6 Å². The van der Waals surface area contributed by atoms with Crippen LogP contribution in [-0.4, -0.2) is 17.7 Å². The zero-order valence-electron chi connectivity index (χ0n) is 11.2. The van der Waals surface area contributed by atoms with Crippen molar-refractivity contribution in [2.24, 2.45) is 0 Å². The first-order valence-electron chi connectivity index (χ1n) is 6.66. The monoisotopic (exact) mass is 256 g/mol. The van der Waals surface area contributed by atoms with E-state index in [0.717, 1.165) is 43.2 Å². The average molecular weight is 256 g/mol. The van der Waals surface area contributed by atoms with Crippen LogP contribution in [0.5, 0.6) is 0 Å². The molecule has 0 unspecified atom stereocenters. The highest BCUT2D eigenvalue weighted by Gasteiger charge is 2.17. The SMILES string of the molecule is CCc1ccc(C(NN(C=N)C=N)=C2CCC2)cc1. The summed E-state index contributed by atoms with van der Waals surface area (Å²) in [6.45, 7) is 2.14. The van der Waals surface area contributed by atoms with Crippen molar-refractivity contribution in [2.45, 2.75) is 32.6 Å².